The average molecular weight is 469 g/mol. The Hall–Kier alpha value is -3.55. The lowest BCUT2D eigenvalue weighted by molar-refractivity contribution is 0.288. The van der Waals surface area contributed by atoms with Crippen molar-refractivity contribution in [3.8, 4) is 5.69 Å². The van der Waals surface area contributed by atoms with Crippen LogP contribution < -0.4 is 11.1 Å². The summed E-state index contributed by atoms with van der Waals surface area (Å²) in [6.45, 7) is 7.04. The van der Waals surface area contributed by atoms with E-state index >= 15 is 0 Å². The number of hydrogen-bond donors (Lipinski definition) is 2. The van der Waals surface area contributed by atoms with Gasteiger partial charge in [-0.1, -0.05) is 66.2 Å². The van der Waals surface area contributed by atoms with E-state index in [1.54, 1.807) is 11.8 Å². The minimum atomic E-state index is 0.686. The number of benzene rings is 3. The van der Waals surface area contributed by atoms with E-state index in [1.165, 1.54) is 27.8 Å². The molecule has 0 aliphatic carbocycles. The van der Waals surface area contributed by atoms with Gasteiger partial charge in [-0.05, 0) is 55.2 Å². The molecular formula is C27H28N6S. The van der Waals surface area contributed by atoms with Crippen LogP contribution in [0.25, 0.3) is 5.69 Å². The molecule has 0 bridgehead atoms. The number of thioether (sulfide) groups is 1. The molecule has 2 heterocycles. The Kier molecular flexibility index (Phi) is 6.38. The Labute approximate surface area is 204 Å². The van der Waals surface area contributed by atoms with Gasteiger partial charge in [0.15, 0.2) is 5.84 Å². The molecule has 2 N–H and O–H groups in total. The Morgan fingerprint density at radius 1 is 0.824 bits per heavy atom. The second-order valence-electron chi connectivity index (χ2n) is 8.63. The number of rotatable bonds is 7. The molecule has 1 aromatic heterocycles. The van der Waals surface area contributed by atoms with E-state index in [1.807, 2.05) is 22.0 Å². The zero-order valence-electron chi connectivity index (χ0n) is 19.6. The van der Waals surface area contributed by atoms with Gasteiger partial charge in [-0.2, -0.15) is 5.10 Å². The monoisotopic (exact) mass is 468 g/mol. The van der Waals surface area contributed by atoms with Crippen LogP contribution in [-0.2, 0) is 12.3 Å². The SMILES string of the molecule is Cc1cccc(CN2NNN=C2c2cnn(-c3cc(C)cc(C)c3)c2SCc2ccccc2)c1. The van der Waals surface area contributed by atoms with Crippen molar-refractivity contribution in [3.05, 3.63) is 112 Å². The normalized spacial score (nSPS) is 13.1. The Morgan fingerprint density at radius 3 is 2.35 bits per heavy atom. The van der Waals surface area contributed by atoms with Crippen LogP contribution in [0.15, 0.2) is 89.1 Å². The molecule has 0 radical (unpaired) electrons. The molecule has 0 unspecified atom stereocenters. The highest BCUT2D eigenvalue weighted by atomic mass is 32.2. The summed E-state index contributed by atoms with van der Waals surface area (Å²) in [6.07, 6.45) is 1.92. The van der Waals surface area contributed by atoms with E-state index in [0.29, 0.717) is 6.54 Å². The Balaban J connectivity index is 1.51. The number of hydrazine groups is 2. The lowest BCUT2D eigenvalue weighted by Gasteiger charge is -2.19. The van der Waals surface area contributed by atoms with E-state index in [2.05, 4.69) is 104 Å². The molecule has 0 fully saturated rings. The zero-order valence-corrected chi connectivity index (χ0v) is 20.4. The van der Waals surface area contributed by atoms with Crippen LogP contribution in [-0.4, -0.2) is 20.6 Å². The summed E-state index contributed by atoms with van der Waals surface area (Å²) in [5.41, 5.74) is 14.3. The summed E-state index contributed by atoms with van der Waals surface area (Å²) in [5.74, 6) is 1.67. The molecule has 0 spiro atoms. The molecule has 1 aliphatic rings. The maximum atomic E-state index is 4.81. The van der Waals surface area contributed by atoms with Gasteiger partial charge in [-0.15, -0.1) is 22.4 Å². The van der Waals surface area contributed by atoms with E-state index in [4.69, 9.17) is 5.10 Å². The molecule has 0 saturated heterocycles. The topological polar surface area (TPSA) is 57.5 Å². The van der Waals surface area contributed by atoms with Gasteiger partial charge < -0.3 is 0 Å². The molecule has 0 amide bonds. The standard InChI is InChI=1S/C27H28N6S/c1-19-8-7-11-23(13-19)17-32-26(29-30-31-32)25-16-28-33(24-14-20(2)12-21(3)15-24)27(25)34-18-22-9-5-4-6-10-22/h4-16,30-31H,17-18H2,1-3H3. The molecule has 1 aliphatic heterocycles. The Bertz CT molecular complexity index is 1310. The van der Waals surface area contributed by atoms with Crippen LogP contribution in [0.5, 0.6) is 0 Å². The maximum absolute atomic E-state index is 4.81. The van der Waals surface area contributed by atoms with Crippen LogP contribution in [0.1, 0.15) is 33.4 Å². The highest BCUT2D eigenvalue weighted by Crippen LogP contribution is 2.31. The van der Waals surface area contributed by atoms with Crippen LogP contribution in [0.2, 0.25) is 0 Å². The first-order chi connectivity index (χ1) is 16.6. The second kappa shape index (κ2) is 9.75. The summed E-state index contributed by atoms with van der Waals surface area (Å²) < 4.78 is 2.04. The molecular weight excluding hydrogens is 440 g/mol. The molecule has 5 rings (SSSR count). The summed E-state index contributed by atoms with van der Waals surface area (Å²) in [4.78, 5) is 0. The van der Waals surface area contributed by atoms with Crippen LogP contribution >= 0.6 is 11.8 Å². The van der Waals surface area contributed by atoms with Crippen molar-refractivity contribution in [1.82, 2.24) is 25.9 Å². The zero-order chi connectivity index (χ0) is 23.5. The number of amidine groups is 1. The summed E-state index contributed by atoms with van der Waals surface area (Å²) in [6, 6.07) is 25.6. The summed E-state index contributed by atoms with van der Waals surface area (Å²) in [5, 5.41) is 12.5. The number of aromatic nitrogens is 2. The minimum absolute atomic E-state index is 0.686. The van der Waals surface area contributed by atoms with E-state index in [0.717, 1.165) is 27.9 Å². The van der Waals surface area contributed by atoms with Gasteiger partial charge in [-0.25, -0.2) is 10.2 Å². The van der Waals surface area contributed by atoms with Crippen molar-refractivity contribution in [3.63, 3.8) is 0 Å². The predicted octanol–water partition coefficient (Wildman–Crippen LogP) is 5.28. The summed E-state index contributed by atoms with van der Waals surface area (Å²) in [7, 11) is 0. The van der Waals surface area contributed by atoms with Crippen molar-refractivity contribution < 1.29 is 0 Å². The Morgan fingerprint density at radius 2 is 1.59 bits per heavy atom. The predicted molar refractivity (Wildman–Crippen MR) is 139 cm³/mol. The highest BCUT2D eigenvalue weighted by Gasteiger charge is 2.26. The number of nitrogens with zero attached hydrogens (tertiary/aromatic N) is 4. The number of nitrogens with one attached hydrogen (secondary N) is 2. The third-order valence-electron chi connectivity index (χ3n) is 5.66. The molecule has 6 nitrogen and oxygen atoms in total. The largest absolute Gasteiger partial charge is 0.266 e. The molecule has 34 heavy (non-hydrogen) atoms. The first-order valence-electron chi connectivity index (χ1n) is 11.3. The van der Waals surface area contributed by atoms with Gasteiger partial charge in [0, 0.05) is 5.75 Å². The van der Waals surface area contributed by atoms with Gasteiger partial charge in [-0.3, -0.25) is 5.01 Å². The smallest absolute Gasteiger partial charge is 0.177 e. The fraction of sp³-hybridized carbons (Fsp3) is 0.185. The van der Waals surface area contributed by atoms with E-state index < -0.39 is 0 Å². The van der Waals surface area contributed by atoms with Crippen molar-refractivity contribution in [2.75, 3.05) is 0 Å². The third-order valence-corrected chi connectivity index (χ3v) is 6.80. The average Bonchev–Trinajstić information content (AvgIpc) is 3.44. The third kappa shape index (κ3) is 4.85. The van der Waals surface area contributed by atoms with Gasteiger partial charge in [0.25, 0.3) is 0 Å². The molecule has 0 saturated carbocycles. The van der Waals surface area contributed by atoms with Crippen molar-refractivity contribution in [2.45, 2.75) is 38.1 Å². The fourth-order valence-electron chi connectivity index (χ4n) is 4.18. The number of aryl methyl sites for hydroxylation is 3. The quantitative estimate of drug-likeness (QED) is 0.362. The molecule has 7 heteroatoms. The maximum Gasteiger partial charge on any atom is 0.177 e. The first kappa shape index (κ1) is 22.3. The number of hydrogen-bond acceptors (Lipinski definition) is 6. The van der Waals surface area contributed by atoms with Gasteiger partial charge in [0.2, 0.25) is 0 Å². The minimum Gasteiger partial charge on any atom is -0.266 e. The van der Waals surface area contributed by atoms with Crippen LogP contribution in [0.3, 0.4) is 0 Å². The van der Waals surface area contributed by atoms with Crippen molar-refractivity contribution in [2.24, 2.45) is 5.10 Å². The van der Waals surface area contributed by atoms with E-state index in [9.17, 15) is 0 Å². The van der Waals surface area contributed by atoms with Crippen molar-refractivity contribution >= 4 is 17.6 Å². The fourth-order valence-corrected chi connectivity index (χ4v) is 5.25. The molecule has 0 atom stereocenters. The highest BCUT2D eigenvalue weighted by molar-refractivity contribution is 7.98. The lowest BCUT2D eigenvalue weighted by atomic mass is 10.1. The van der Waals surface area contributed by atoms with Crippen molar-refractivity contribution in [1.29, 1.82) is 0 Å². The van der Waals surface area contributed by atoms with Gasteiger partial charge in [0.1, 0.15) is 5.03 Å². The van der Waals surface area contributed by atoms with Gasteiger partial charge >= 0.3 is 0 Å². The van der Waals surface area contributed by atoms with E-state index in [-0.39, 0.29) is 0 Å². The molecule has 3 aromatic carbocycles. The second-order valence-corrected chi connectivity index (χ2v) is 9.59. The van der Waals surface area contributed by atoms with Crippen LogP contribution in [0.4, 0.5) is 0 Å². The molecule has 172 valence electrons. The van der Waals surface area contributed by atoms with Gasteiger partial charge in [0.05, 0.1) is 24.0 Å². The first-order valence-corrected chi connectivity index (χ1v) is 12.3. The lowest BCUT2D eigenvalue weighted by Crippen LogP contribution is -2.40. The van der Waals surface area contributed by atoms with Crippen LogP contribution in [0, 0.1) is 20.8 Å². The summed E-state index contributed by atoms with van der Waals surface area (Å²) >= 11 is 1.78. The number of hydrazone groups is 1. The molecule has 4 aromatic rings.